The molecule has 1 saturated heterocycles. The number of amides is 2. The lowest BCUT2D eigenvalue weighted by atomic mass is 9.84. The molecular weight excluding hydrogens is 290 g/mol. The molecule has 0 spiro atoms. The minimum Gasteiger partial charge on any atom is -0.320 e. The van der Waals surface area contributed by atoms with E-state index in [0.717, 1.165) is 6.07 Å². The molecule has 0 radical (unpaired) electrons. The van der Waals surface area contributed by atoms with Gasteiger partial charge < -0.3 is 4.90 Å². The van der Waals surface area contributed by atoms with Gasteiger partial charge >= 0.3 is 6.03 Å². The Balaban J connectivity index is 1.78. The molecule has 0 bridgehead atoms. The minimum absolute atomic E-state index is 0.332. The number of hydrazone groups is 1. The van der Waals surface area contributed by atoms with Crippen molar-refractivity contribution >= 4 is 12.2 Å². The van der Waals surface area contributed by atoms with Crippen LogP contribution in [0.15, 0.2) is 23.3 Å². The van der Waals surface area contributed by atoms with Gasteiger partial charge in [0.05, 0.1) is 17.5 Å². The van der Waals surface area contributed by atoms with E-state index in [1.165, 1.54) is 22.0 Å². The summed E-state index contributed by atoms with van der Waals surface area (Å²) in [4.78, 5) is 13.9. The Hall–Kier alpha value is -2.49. The highest BCUT2D eigenvalue weighted by Gasteiger charge is 2.44. The third-order valence-electron chi connectivity index (χ3n) is 3.92. The zero-order chi connectivity index (χ0) is 15.9. The SMILES string of the molecule is CC1(C#N)CN(C(=O)N2N=CCC2c2cc(F)cc(F)c2)C1. The normalized spacial score (nSPS) is 22.4. The van der Waals surface area contributed by atoms with Crippen LogP contribution in [0.2, 0.25) is 0 Å². The number of hydrogen-bond donors (Lipinski definition) is 0. The zero-order valence-electron chi connectivity index (χ0n) is 12.0. The predicted molar refractivity (Wildman–Crippen MR) is 74.7 cm³/mol. The van der Waals surface area contributed by atoms with Gasteiger partial charge in [0.15, 0.2) is 0 Å². The second-order valence-corrected chi connectivity index (χ2v) is 5.91. The number of carbonyl (C=O) groups is 1. The van der Waals surface area contributed by atoms with Crippen molar-refractivity contribution < 1.29 is 13.6 Å². The summed E-state index contributed by atoms with van der Waals surface area (Å²) < 4.78 is 26.7. The topological polar surface area (TPSA) is 59.7 Å². The lowest BCUT2D eigenvalue weighted by Crippen LogP contribution is -2.59. The summed E-state index contributed by atoms with van der Waals surface area (Å²) in [7, 11) is 0. The fourth-order valence-electron chi connectivity index (χ4n) is 2.79. The number of urea groups is 1. The third-order valence-corrected chi connectivity index (χ3v) is 3.92. The van der Waals surface area contributed by atoms with Crippen LogP contribution in [0.1, 0.15) is 24.9 Å². The Morgan fingerprint density at radius 1 is 1.36 bits per heavy atom. The second-order valence-electron chi connectivity index (χ2n) is 5.91. The zero-order valence-corrected chi connectivity index (χ0v) is 12.0. The molecule has 0 aromatic heterocycles. The number of likely N-dealkylation sites (tertiary alicyclic amines) is 1. The lowest BCUT2D eigenvalue weighted by molar-refractivity contribution is 0.0592. The molecule has 5 nitrogen and oxygen atoms in total. The first-order chi connectivity index (χ1) is 10.4. The van der Waals surface area contributed by atoms with Gasteiger partial charge in [-0.25, -0.2) is 18.6 Å². The predicted octanol–water partition coefficient (Wildman–Crippen LogP) is 2.66. The maximum atomic E-state index is 13.4. The van der Waals surface area contributed by atoms with Gasteiger partial charge in [-0.3, -0.25) is 0 Å². The van der Waals surface area contributed by atoms with Crippen LogP contribution in [-0.2, 0) is 0 Å². The average molecular weight is 304 g/mol. The molecule has 1 atom stereocenters. The van der Waals surface area contributed by atoms with Crippen LogP contribution in [0.25, 0.3) is 0 Å². The molecule has 114 valence electrons. The van der Waals surface area contributed by atoms with Crippen molar-refractivity contribution in [2.24, 2.45) is 10.5 Å². The van der Waals surface area contributed by atoms with Crippen molar-refractivity contribution in [1.29, 1.82) is 5.26 Å². The Bertz CT molecular complexity index is 671. The number of rotatable bonds is 1. The van der Waals surface area contributed by atoms with Crippen LogP contribution in [0.4, 0.5) is 13.6 Å². The number of hydrogen-bond acceptors (Lipinski definition) is 3. The highest BCUT2D eigenvalue weighted by molar-refractivity contribution is 5.79. The van der Waals surface area contributed by atoms with E-state index >= 15 is 0 Å². The first kappa shape index (κ1) is 14.4. The third kappa shape index (κ3) is 2.41. The molecule has 1 aromatic rings. The van der Waals surface area contributed by atoms with E-state index in [4.69, 9.17) is 5.26 Å². The molecule has 2 amide bonds. The summed E-state index contributed by atoms with van der Waals surface area (Å²) in [5.41, 5.74) is -0.161. The number of carbonyl (C=O) groups excluding carboxylic acids is 1. The largest absolute Gasteiger partial charge is 0.341 e. The molecule has 2 aliphatic heterocycles. The monoisotopic (exact) mass is 304 g/mol. The maximum absolute atomic E-state index is 13.4. The molecule has 0 saturated carbocycles. The molecular formula is C15H14F2N4O. The van der Waals surface area contributed by atoms with Gasteiger partial charge in [0.2, 0.25) is 0 Å². The molecule has 0 aliphatic carbocycles. The van der Waals surface area contributed by atoms with E-state index < -0.39 is 23.1 Å². The molecule has 7 heteroatoms. The van der Waals surface area contributed by atoms with Gasteiger partial charge in [0.1, 0.15) is 11.6 Å². The number of nitrogens with zero attached hydrogens (tertiary/aromatic N) is 4. The highest BCUT2D eigenvalue weighted by Crippen LogP contribution is 2.34. The van der Waals surface area contributed by atoms with Crippen molar-refractivity contribution in [3.8, 4) is 6.07 Å². The van der Waals surface area contributed by atoms with Crippen LogP contribution in [0, 0.1) is 28.4 Å². The van der Waals surface area contributed by atoms with Gasteiger partial charge in [-0.2, -0.15) is 10.4 Å². The average Bonchev–Trinajstić information content (AvgIpc) is 2.91. The van der Waals surface area contributed by atoms with Gasteiger partial charge in [-0.1, -0.05) is 0 Å². The molecule has 3 rings (SSSR count). The molecule has 1 fully saturated rings. The molecule has 2 heterocycles. The van der Waals surface area contributed by atoms with Crippen LogP contribution < -0.4 is 0 Å². The van der Waals surface area contributed by atoms with Crippen LogP contribution in [0.3, 0.4) is 0 Å². The van der Waals surface area contributed by atoms with Crippen molar-refractivity contribution in [2.45, 2.75) is 19.4 Å². The Morgan fingerprint density at radius 2 is 2.00 bits per heavy atom. The van der Waals surface area contributed by atoms with Gasteiger partial charge in [-0.05, 0) is 24.6 Å². The minimum atomic E-state index is -0.685. The molecule has 2 aliphatic rings. The summed E-state index contributed by atoms with van der Waals surface area (Å²) >= 11 is 0. The second kappa shape index (κ2) is 5.05. The van der Waals surface area contributed by atoms with Crippen molar-refractivity contribution in [3.63, 3.8) is 0 Å². The van der Waals surface area contributed by atoms with E-state index in [9.17, 15) is 13.6 Å². The lowest BCUT2D eigenvalue weighted by Gasteiger charge is -2.44. The smallest absolute Gasteiger partial charge is 0.320 e. The maximum Gasteiger partial charge on any atom is 0.341 e. The van der Waals surface area contributed by atoms with Crippen LogP contribution in [-0.4, -0.2) is 35.2 Å². The van der Waals surface area contributed by atoms with Crippen molar-refractivity contribution in [3.05, 3.63) is 35.4 Å². The first-order valence-electron chi connectivity index (χ1n) is 6.90. The van der Waals surface area contributed by atoms with E-state index in [-0.39, 0.29) is 6.03 Å². The van der Waals surface area contributed by atoms with Crippen molar-refractivity contribution in [2.75, 3.05) is 13.1 Å². The quantitative estimate of drug-likeness (QED) is 0.801. The summed E-state index contributed by atoms with van der Waals surface area (Å²) in [5, 5.41) is 14.2. The first-order valence-corrected chi connectivity index (χ1v) is 6.90. The summed E-state index contributed by atoms with van der Waals surface area (Å²) in [6, 6.07) is 4.49. The molecule has 0 N–H and O–H groups in total. The van der Waals surface area contributed by atoms with E-state index in [2.05, 4.69) is 11.2 Å². The summed E-state index contributed by atoms with van der Waals surface area (Å²) in [6.45, 7) is 2.45. The van der Waals surface area contributed by atoms with Gasteiger partial charge in [0.25, 0.3) is 0 Å². The van der Waals surface area contributed by atoms with E-state index in [1.54, 1.807) is 13.1 Å². The number of halogens is 2. The van der Waals surface area contributed by atoms with Crippen LogP contribution in [0.5, 0.6) is 0 Å². The number of benzene rings is 1. The van der Waals surface area contributed by atoms with Crippen molar-refractivity contribution in [1.82, 2.24) is 9.91 Å². The van der Waals surface area contributed by atoms with Crippen LogP contribution >= 0.6 is 0 Å². The molecule has 1 aromatic carbocycles. The van der Waals surface area contributed by atoms with E-state index in [1.807, 2.05) is 0 Å². The summed E-state index contributed by atoms with van der Waals surface area (Å²) in [6.07, 6.45) is 1.95. The van der Waals surface area contributed by atoms with Gasteiger partial charge in [-0.15, -0.1) is 0 Å². The number of nitriles is 1. The summed E-state index contributed by atoms with van der Waals surface area (Å²) in [5.74, 6) is -1.37. The highest BCUT2D eigenvalue weighted by atomic mass is 19.1. The Morgan fingerprint density at radius 3 is 2.59 bits per heavy atom. The Labute approximate surface area is 126 Å². The fraction of sp³-hybridized carbons (Fsp3) is 0.400. The Kier molecular flexibility index (Phi) is 3.32. The van der Waals surface area contributed by atoms with Gasteiger partial charge in [0, 0.05) is 31.8 Å². The standard InChI is InChI=1S/C15H14F2N4O/c1-15(7-18)8-20(9-15)14(22)21-13(2-3-19-21)10-4-11(16)6-12(17)5-10/h3-6,13H,2,8-9H2,1H3. The molecule has 22 heavy (non-hydrogen) atoms. The fourth-order valence-corrected chi connectivity index (χ4v) is 2.79. The van der Waals surface area contributed by atoms with E-state index in [0.29, 0.717) is 25.1 Å². The molecule has 1 unspecified atom stereocenters.